The standard InChI is InChI=1S/C13H9ClFN3O2S/c14-10-3-1-8(7-16)5-13(10)21(19,20)18-12-4-2-9(17)6-11(12)15/h1-6,18H,17H2. The summed E-state index contributed by atoms with van der Waals surface area (Å²) in [6, 6.07) is 9.13. The lowest BCUT2D eigenvalue weighted by Crippen LogP contribution is -2.14. The van der Waals surface area contributed by atoms with Gasteiger partial charge < -0.3 is 5.73 Å². The van der Waals surface area contributed by atoms with Gasteiger partial charge in [0, 0.05) is 5.69 Å². The van der Waals surface area contributed by atoms with Gasteiger partial charge in [0.1, 0.15) is 10.7 Å². The van der Waals surface area contributed by atoms with Crippen molar-refractivity contribution in [1.29, 1.82) is 5.26 Å². The molecule has 21 heavy (non-hydrogen) atoms. The van der Waals surface area contributed by atoms with Crippen LogP contribution in [0, 0.1) is 17.1 Å². The molecule has 0 atom stereocenters. The van der Waals surface area contributed by atoms with E-state index in [0.29, 0.717) is 0 Å². The fourth-order valence-electron chi connectivity index (χ4n) is 1.59. The van der Waals surface area contributed by atoms with Crippen LogP contribution in [0.15, 0.2) is 41.3 Å². The number of nitrogens with two attached hydrogens (primary N) is 1. The number of rotatable bonds is 3. The first kappa shape index (κ1) is 15.1. The molecule has 2 aromatic rings. The van der Waals surface area contributed by atoms with Crippen LogP contribution in [0.2, 0.25) is 5.02 Å². The maximum Gasteiger partial charge on any atom is 0.263 e. The summed E-state index contributed by atoms with van der Waals surface area (Å²) >= 11 is 5.83. The summed E-state index contributed by atoms with van der Waals surface area (Å²) in [5.41, 5.74) is 5.42. The zero-order chi connectivity index (χ0) is 15.6. The summed E-state index contributed by atoms with van der Waals surface area (Å²) in [7, 11) is -4.13. The number of hydrogen-bond acceptors (Lipinski definition) is 4. The molecule has 0 spiro atoms. The molecule has 2 rings (SSSR count). The zero-order valence-corrected chi connectivity index (χ0v) is 12.0. The van der Waals surface area contributed by atoms with Crippen LogP contribution in [0.25, 0.3) is 0 Å². The lowest BCUT2D eigenvalue weighted by Gasteiger charge is -2.10. The van der Waals surface area contributed by atoms with Crippen molar-refractivity contribution in [2.75, 3.05) is 10.5 Å². The first-order chi connectivity index (χ1) is 9.83. The molecule has 0 saturated carbocycles. The van der Waals surface area contributed by atoms with Gasteiger partial charge in [0.25, 0.3) is 10.0 Å². The van der Waals surface area contributed by atoms with E-state index in [0.717, 1.165) is 12.1 Å². The predicted molar refractivity (Wildman–Crippen MR) is 77.8 cm³/mol. The zero-order valence-electron chi connectivity index (χ0n) is 10.5. The van der Waals surface area contributed by atoms with Crippen LogP contribution in [0.5, 0.6) is 0 Å². The molecule has 0 aliphatic rings. The molecule has 0 aromatic heterocycles. The van der Waals surface area contributed by atoms with E-state index in [1.54, 1.807) is 0 Å². The van der Waals surface area contributed by atoms with E-state index < -0.39 is 15.8 Å². The van der Waals surface area contributed by atoms with Crippen molar-refractivity contribution in [2.24, 2.45) is 0 Å². The Morgan fingerprint density at radius 3 is 2.57 bits per heavy atom. The van der Waals surface area contributed by atoms with E-state index in [2.05, 4.69) is 4.72 Å². The fourth-order valence-corrected chi connectivity index (χ4v) is 3.19. The summed E-state index contributed by atoms with van der Waals surface area (Å²) in [4.78, 5) is -0.306. The normalized spacial score (nSPS) is 10.9. The summed E-state index contributed by atoms with van der Waals surface area (Å²) < 4.78 is 40.2. The Labute approximate surface area is 125 Å². The molecule has 3 N–H and O–H groups in total. The molecule has 0 heterocycles. The van der Waals surface area contributed by atoms with Crippen LogP contribution in [-0.4, -0.2) is 8.42 Å². The molecule has 0 radical (unpaired) electrons. The lowest BCUT2D eigenvalue weighted by atomic mass is 10.2. The second-order valence-electron chi connectivity index (χ2n) is 4.10. The molecule has 8 heteroatoms. The maximum atomic E-state index is 13.7. The predicted octanol–water partition coefficient (Wildman–Crippen LogP) is 2.73. The van der Waals surface area contributed by atoms with Crippen LogP contribution in [-0.2, 0) is 10.0 Å². The van der Waals surface area contributed by atoms with Crippen LogP contribution in [0.1, 0.15) is 5.56 Å². The van der Waals surface area contributed by atoms with Gasteiger partial charge in [-0.15, -0.1) is 0 Å². The van der Waals surface area contributed by atoms with Crippen molar-refractivity contribution in [3.8, 4) is 6.07 Å². The van der Waals surface area contributed by atoms with Crippen LogP contribution < -0.4 is 10.5 Å². The first-order valence-electron chi connectivity index (χ1n) is 5.61. The van der Waals surface area contributed by atoms with Crippen LogP contribution in [0.3, 0.4) is 0 Å². The smallest absolute Gasteiger partial charge is 0.263 e. The van der Waals surface area contributed by atoms with Crippen molar-refractivity contribution < 1.29 is 12.8 Å². The number of benzene rings is 2. The summed E-state index contributed by atoms with van der Waals surface area (Å²) in [5.74, 6) is -0.814. The molecular weight excluding hydrogens is 317 g/mol. The molecule has 0 amide bonds. The molecule has 0 aliphatic heterocycles. The maximum absolute atomic E-state index is 13.7. The van der Waals surface area contributed by atoms with Gasteiger partial charge in [-0.1, -0.05) is 11.6 Å². The first-order valence-corrected chi connectivity index (χ1v) is 7.47. The summed E-state index contributed by atoms with van der Waals surface area (Å²) in [6.07, 6.45) is 0. The Balaban J connectivity index is 2.46. The second kappa shape index (κ2) is 5.60. The highest BCUT2D eigenvalue weighted by molar-refractivity contribution is 7.92. The third kappa shape index (κ3) is 3.24. The Hall–Kier alpha value is -2.30. The highest BCUT2D eigenvalue weighted by Crippen LogP contribution is 2.26. The van der Waals surface area contributed by atoms with Crippen molar-refractivity contribution in [3.63, 3.8) is 0 Å². The van der Waals surface area contributed by atoms with E-state index in [4.69, 9.17) is 22.6 Å². The van der Waals surface area contributed by atoms with Gasteiger partial charge in [0.05, 0.1) is 22.3 Å². The van der Waals surface area contributed by atoms with Gasteiger partial charge in [0.2, 0.25) is 0 Å². The molecule has 0 saturated heterocycles. The quantitative estimate of drug-likeness (QED) is 0.848. The van der Waals surface area contributed by atoms with Gasteiger partial charge in [-0.3, -0.25) is 4.72 Å². The Bertz CT molecular complexity index is 847. The lowest BCUT2D eigenvalue weighted by molar-refractivity contribution is 0.598. The average Bonchev–Trinajstić information content (AvgIpc) is 2.42. The molecular formula is C13H9ClFN3O2S. The number of halogens is 2. The molecule has 0 unspecified atom stereocenters. The van der Waals surface area contributed by atoms with Crippen LogP contribution in [0.4, 0.5) is 15.8 Å². The Kier molecular flexibility index (Phi) is 4.02. The third-order valence-corrected chi connectivity index (χ3v) is 4.43. The SMILES string of the molecule is N#Cc1ccc(Cl)c(S(=O)(=O)Nc2ccc(N)cc2F)c1. The van der Waals surface area contributed by atoms with E-state index in [-0.39, 0.29) is 26.9 Å². The number of nitrogens with zero attached hydrogens (tertiary/aromatic N) is 1. The van der Waals surface area contributed by atoms with Gasteiger partial charge in [-0.2, -0.15) is 5.26 Å². The van der Waals surface area contributed by atoms with Crippen molar-refractivity contribution in [1.82, 2.24) is 0 Å². The van der Waals surface area contributed by atoms with Gasteiger partial charge in [-0.05, 0) is 36.4 Å². The number of anilines is 2. The van der Waals surface area contributed by atoms with Crippen molar-refractivity contribution in [3.05, 3.63) is 52.8 Å². The minimum atomic E-state index is -4.13. The molecule has 2 aromatic carbocycles. The second-order valence-corrected chi connectivity index (χ2v) is 6.16. The fraction of sp³-hybridized carbons (Fsp3) is 0. The van der Waals surface area contributed by atoms with Crippen LogP contribution >= 0.6 is 11.6 Å². The topological polar surface area (TPSA) is 96.0 Å². The number of nitrogen functional groups attached to an aromatic ring is 1. The third-order valence-electron chi connectivity index (χ3n) is 2.59. The molecule has 0 fully saturated rings. The largest absolute Gasteiger partial charge is 0.399 e. The number of sulfonamides is 1. The van der Waals surface area contributed by atoms with E-state index in [1.165, 1.54) is 24.3 Å². The van der Waals surface area contributed by atoms with Gasteiger partial charge >= 0.3 is 0 Å². The highest BCUT2D eigenvalue weighted by atomic mass is 35.5. The van der Waals surface area contributed by atoms with E-state index in [1.807, 2.05) is 6.07 Å². The highest BCUT2D eigenvalue weighted by Gasteiger charge is 2.20. The van der Waals surface area contributed by atoms with Crippen molar-refractivity contribution in [2.45, 2.75) is 4.90 Å². The van der Waals surface area contributed by atoms with E-state index >= 15 is 0 Å². The van der Waals surface area contributed by atoms with Gasteiger partial charge in [0.15, 0.2) is 0 Å². The summed E-state index contributed by atoms with van der Waals surface area (Å²) in [6.45, 7) is 0. The Morgan fingerprint density at radius 2 is 1.95 bits per heavy atom. The minimum Gasteiger partial charge on any atom is -0.399 e. The summed E-state index contributed by atoms with van der Waals surface area (Å²) in [5, 5.41) is 8.73. The molecule has 5 nitrogen and oxygen atoms in total. The molecule has 108 valence electrons. The van der Waals surface area contributed by atoms with Crippen molar-refractivity contribution >= 4 is 33.0 Å². The van der Waals surface area contributed by atoms with E-state index in [9.17, 15) is 12.8 Å². The Morgan fingerprint density at radius 1 is 1.24 bits per heavy atom. The van der Waals surface area contributed by atoms with Gasteiger partial charge in [-0.25, -0.2) is 12.8 Å². The minimum absolute atomic E-state index is 0.0719. The number of nitriles is 1. The number of nitrogens with one attached hydrogen (secondary N) is 1. The molecule has 0 aliphatic carbocycles. The monoisotopic (exact) mass is 325 g/mol. The average molecular weight is 326 g/mol. The molecule has 0 bridgehead atoms. The number of hydrogen-bond donors (Lipinski definition) is 2.